The zero-order valence-electron chi connectivity index (χ0n) is 10.2. The van der Waals surface area contributed by atoms with Crippen LogP contribution in [0.2, 0.25) is 0 Å². The monoisotopic (exact) mass is 247 g/mol. The Morgan fingerprint density at radius 3 is 2.83 bits per heavy atom. The molecule has 2 aliphatic rings. The van der Waals surface area contributed by atoms with E-state index in [9.17, 15) is 9.59 Å². The lowest BCUT2D eigenvalue weighted by molar-refractivity contribution is 0.0680. The fraction of sp³-hybridized carbons (Fsp3) is 0.538. The van der Waals surface area contributed by atoms with E-state index in [4.69, 9.17) is 0 Å². The Labute approximate surface area is 105 Å². The lowest BCUT2D eigenvalue weighted by Crippen LogP contribution is -2.42. The third kappa shape index (κ3) is 1.95. The largest absolute Gasteiger partial charge is 0.331 e. The Balaban J connectivity index is 1.87. The minimum absolute atomic E-state index is 0.0439. The summed E-state index contributed by atoms with van der Waals surface area (Å²) in [4.78, 5) is 28.1. The molecule has 1 aromatic rings. The van der Waals surface area contributed by atoms with Crippen molar-refractivity contribution in [1.29, 1.82) is 0 Å². The van der Waals surface area contributed by atoms with Crippen LogP contribution in [0.3, 0.4) is 0 Å². The van der Waals surface area contributed by atoms with Crippen LogP contribution < -0.4 is 10.9 Å². The smallest absolute Gasteiger partial charge is 0.255 e. The fourth-order valence-electron chi connectivity index (χ4n) is 3.01. The van der Waals surface area contributed by atoms with Gasteiger partial charge < -0.3 is 15.2 Å². The van der Waals surface area contributed by atoms with E-state index in [-0.39, 0.29) is 11.5 Å². The van der Waals surface area contributed by atoms with Gasteiger partial charge in [-0.2, -0.15) is 0 Å². The van der Waals surface area contributed by atoms with Crippen molar-refractivity contribution < 1.29 is 4.79 Å². The third-order valence-corrected chi connectivity index (χ3v) is 3.92. The van der Waals surface area contributed by atoms with Crippen LogP contribution >= 0.6 is 0 Å². The Bertz CT molecular complexity index is 477. The molecule has 2 N–H and O–H groups in total. The highest BCUT2D eigenvalue weighted by molar-refractivity contribution is 5.94. The molecule has 0 unspecified atom stereocenters. The van der Waals surface area contributed by atoms with Gasteiger partial charge >= 0.3 is 0 Å². The first-order valence-corrected chi connectivity index (χ1v) is 6.48. The van der Waals surface area contributed by atoms with E-state index in [1.54, 1.807) is 6.07 Å². The molecular formula is C13H17N3O2. The van der Waals surface area contributed by atoms with E-state index in [1.165, 1.54) is 12.3 Å². The third-order valence-electron chi connectivity index (χ3n) is 3.92. The lowest BCUT2D eigenvalue weighted by Gasteiger charge is -2.27. The van der Waals surface area contributed by atoms with E-state index in [0.29, 0.717) is 17.6 Å². The summed E-state index contributed by atoms with van der Waals surface area (Å²) in [5, 5.41) is 3.37. The molecule has 2 aliphatic heterocycles. The van der Waals surface area contributed by atoms with Crippen molar-refractivity contribution in [2.24, 2.45) is 0 Å². The Morgan fingerprint density at radius 2 is 2.06 bits per heavy atom. The fourth-order valence-corrected chi connectivity index (χ4v) is 3.01. The number of carbonyl (C=O) groups is 1. The molecule has 3 heterocycles. The van der Waals surface area contributed by atoms with Gasteiger partial charge in [0.1, 0.15) is 0 Å². The Kier molecular flexibility index (Phi) is 2.91. The number of rotatable bonds is 1. The van der Waals surface area contributed by atoms with E-state index >= 15 is 0 Å². The molecule has 0 aromatic carbocycles. The molecular weight excluding hydrogens is 230 g/mol. The number of aromatic nitrogens is 1. The van der Waals surface area contributed by atoms with Gasteiger partial charge in [0.25, 0.3) is 5.91 Å². The molecule has 2 saturated heterocycles. The van der Waals surface area contributed by atoms with E-state index in [1.807, 2.05) is 4.90 Å². The standard InChI is InChI=1S/C13H17N3O2/c17-12-4-1-9(7-15-12)13(18)16-10-2-3-11(16)8-14-6-5-10/h1,4,7,10-11,14H,2-3,5-6,8H2,(H,15,17)/t10-,11+/m0/s1. The van der Waals surface area contributed by atoms with Gasteiger partial charge in [0.2, 0.25) is 5.56 Å². The number of carbonyl (C=O) groups excluding carboxylic acids is 1. The van der Waals surface area contributed by atoms with Gasteiger partial charge in [0.05, 0.1) is 5.56 Å². The quantitative estimate of drug-likeness (QED) is 0.752. The number of nitrogens with zero attached hydrogens (tertiary/aromatic N) is 1. The summed E-state index contributed by atoms with van der Waals surface area (Å²) in [6.07, 6.45) is 4.71. The predicted molar refractivity (Wildman–Crippen MR) is 67.5 cm³/mol. The first kappa shape index (κ1) is 11.5. The summed E-state index contributed by atoms with van der Waals surface area (Å²) in [5.74, 6) is 0.0439. The normalized spacial score (nSPS) is 27.0. The predicted octanol–water partition coefficient (Wildman–Crippen LogP) is 0.341. The molecule has 2 atom stereocenters. The molecule has 2 bridgehead atoms. The molecule has 5 heteroatoms. The second-order valence-electron chi connectivity index (χ2n) is 5.03. The molecule has 0 radical (unpaired) electrons. The maximum absolute atomic E-state index is 12.5. The van der Waals surface area contributed by atoms with Crippen LogP contribution in [0.25, 0.3) is 0 Å². The van der Waals surface area contributed by atoms with Crippen LogP contribution in [-0.2, 0) is 0 Å². The van der Waals surface area contributed by atoms with Gasteiger partial charge in [-0.3, -0.25) is 9.59 Å². The van der Waals surface area contributed by atoms with Crippen LogP contribution in [0.5, 0.6) is 0 Å². The SMILES string of the molecule is O=C(c1ccc(=O)[nH]c1)N1[C@@H]2CCNC[C@H]1CC2. The number of hydrogen-bond acceptors (Lipinski definition) is 3. The van der Waals surface area contributed by atoms with Crippen molar-refractivity contribution in [2.45, 2.75) is 31.3 Å². The number of nitrogens with one attached hydrogen (secondary N) is 2. The second-order valence-corrected chi connectivity index (χ2v) is 5.03. The van der Waals surface area contributed by atoms with Crippen molar-refractivity contribution in [3.63, 3.8) is 0 Å². The zero-order valence-corrected chi connectivity index (χ0v) is 10.2. The van der Waals surface area contributed by atoms with Gasteiger partial charge in [-0.05, 0) is 31.9 Å². The van der Waals surface area contributed by atoms with Gasteiger partial charge in [0, 0.05) is 30.9 Å². The summed E-state index contributed by atoms with van der Waals surface area (Å²) in [7, 11) is 0. The van der Waals surface area contributed by atoms with Gasteiger partial charge in [0.15, 0.2) is 0 Å². The summed E-state index contributed by atoms with van der Waals surface area (Å²) in [5.41, 5.74) is 0.403. The first-order valence-electron chi connectivity index (χ1n) is 6.48. The summed E-state index contributed by atoms with van der Waals surface area (Å²) in [6.45, 7) is 1.86. The molecule has 3 rings (SSSR count). The van der Waals surface area contributed by atoms with E-state index in [2.05, 4.69) is 10.3 Å². The molecule has 0 aliphatic carbocycles. The van der Waals surface area contributed by atoms with Crippen LogP contribution in [0, 0.1) is 0 Å². The van der Waals surface area contributed by atoms with Gasteiger partial charge in [-0.15, -0.1) is 0 Å². The van der Waals surface area contributed by atoms with Crippen molar-refractivity contribution in [3.8, 4) is 0 Å². The summed E-state index contributed by atoms with van der Waals surface area (Å²) >= 11 is 0. The van der Waals surface area contributed by atoms with Gasteiger partial charge in [-0.1, -0.05) is 0 Å². The molecule has 0 spiro atoms. The van der Waals surface area contributed by atoms with Crippen LogP contribution in [-0.4, -0.2) is 41.0 Å². The van der Waals surface area contributed by atoms with Crippen molar-refractivity contribution in [3.05, 3.63) is 34.2 Å². The second kappa shape index (κ2) is 4.57. The Morgan fingerprint density at radius 1 is 1.22 bits per heavy atom. The number of H-pyrrole nitrogens is 1. The van der Waals surface area contributed by atoms with Crippen LogP contribution in [0.1, 0.15) is 29.6 Å². The van der Waals surface area contributed by atoms with Crippen molar-refractivity contribution in [2.75, 3.05) is 13.1 Å². The van der Waals surface area contributed by atoms with Crippen molar-refractivity contribution >= 4 is 5.91 Å². The van der Waals surface area contributed by atoms with Crippen LogP contribution in [0.4, 0.5) is 0 Å². The highest BCUT2D eigenvalue weighted by Crippen LogP contribution is 2.29. The molecule has 96 valence electrons. The van der Waals surface area contributed by atoms with Crippen molar-refractivity contribution in [1.82, 2.24) is 15.2 Å². The molecule has 18 heavy (non-hydrogen) atoms. The minimum atomic E-state index is -0.174. The number of amides is 1. The molecule has 1 aromatic heterocycles. The average molecular weight is 247 g/mol. The maximum Gasteiger partial charge on any atom is 0.255 e. The van der Waals surface area contributed by atoms with E-state index < -0.39 is 0 Å². The maximum atomic E-state index is 12.5. The highest BCUT2D eigenvalue weighted by atomic mass is 16.2. The average Bonchev–Trinajstić information content (AvgIpc) is 2.63. The lowest BCUT2D eigenvalue weighted by atomic mass is 10.1. The number of pyridine rings is 1. The molecule has 0 saturated carbocycles. The van der Waals surface area contributed by atoms with E-state index in [0.717, 1.165) is 32.4 Å². The minimum Gasteiger partial charge on any atom is -0.331 e. The Hall–Kier alpha value is -1.62. The summed E-state index contributed by atoms with van der Waals surface area (Å²) < 4.78 is 0. The first-order chi connectivity index (χ1) is 8.75. The topological polar surface area (TPSA) is 65.2 Å². The highest BCUT2D eigenvalue weighted by Gasteiger charge is 2.38. The molecule has 5 nitrogen and oxygen atoms in total. The number of fused-ring (bicyclic) bond motifs is 2. The zero-order chi connectivity index (χ0) is 12.5. The summed E-state index contributed by atoms with van der Waals surface area (Å²) in [6, 6.07) is 3.67. The number of hydrogen-bond donors (Lipinski definition) is 2. The molecule has 1 amide bonds. The molecule has 2 fully saturated rings. The van der Waals surface area contributed by atoms with Crippen LogP contribution in [0.15, 0.2) is 23.1 Å². The number of aromatic amines is 1. The van der Waals surface area contributed by atoms with Gasteiger partial charge in [-0.25, -0.2) is 0 Å².